The van der Waals surface area contributed by atoms with E-state index in [1.807, 2.05) is 0 Å². The molecule has 0 fully saturated rings. The minimum absolute atomic E-state index is 0.105. The van der Waals surface area contributed by atoms with Crippen molar-refractivity contribution in [2.75, 3.05) is 13.2 Å². The Hall–Kier alpha value is -1.62. The van der Waals surface area contributed by atoms with Crippen molar-refractivity contribution in [3.8, 4) is 5.88 Å². The first-order valence-corrected chi connectivity index (χ1v) is 4.70. The fourth-order valence-electron chi connectivity index (χ4n) is 1.18. The monoisotopic (exact) mass is 210 g/mol. The Labute approximate surface area is 88.0 Å². The van der Waals surface area contributed by atoms with E-state index in [2.05, 4.69) is 0 Å². The lowest BCUT2D eigenvalue weighted by molar-refractivity contribution is -0.620. The zero-order valence-electron chi connectivity index (χ0n) is 8.56. The zero-order chi connectivity index (χ0) is 11.3. The van der Waals surface area contributed by atoms with Crippen LogP contribution in [0.4, 0.5) is 0 Å². The van der Waals surface area contributed by atoms with Crippen LogP contribution in [0.5, 0.6) is 5.88 Å². The molecule has 0 aliphatic heterocycles. The normalized spacial score (nSPS) is 10.0. The van der Waals surface area contributed by atoms with Crippen molar-refractivity contribution in [1.29, 1.82) is 5.41 Å². The number of nitrogens with one attached hydrogen (secondary N) is 1. The highest BCUT2D eigenvalue weighted by Crippen LogP contribution is 2.05. The van der Waals surface area contributed by atoms with E-state index in [0.717, 1.165) is 0 Å². The van der Waals surface area contributed by atoms with Crippen LogP contribution in [0.25, 0.3) is 0 Å². The topological polar surface area (TPSA) is 80.2 Å². The molecule has 2 N–H and O–H groups in total. The molecular formula is C10H14N2O3. The summed E-state index contributed by atoms with van der Waals surface area (Å²) in [6, 6.07) is 4.88. The van der Waals surface area contributed by atoms with Gasteiger partial charge in [0, 0.05) is 11.8 Å². The van der Waals surface area contributed by atoms with Crippen LogP contribution < -0.4 is 9.47 Å². The average molecular weight is 210 g/mol. The van der Waals surface area contributed by atoms with Crippen LogP contribution >= 0.6 is 0 Å². The molecule has 82 valence electrons. The second kappa shape index (κ2) is 5.31. The minimum atomic E-state index is -0.334. The van der Waals surface area contributed by atoms with Gasteiger partial charge < -0.3 is 20.5 Å². The highest BCUT2D eigenvalue weighted by atomic mass is 16.5. The van der Waals surface area contributed by atoms with Gasteiger partial charge in [-0.3, -0.25) is 0 Å². The smallest absolute Gasteiger partial charge is 0.379 e. The zero-order valence-corrected chi connectivity index (χ0v) is 8.56. The summed E-state index contributed by atoms with van der Waals surface area (Å²) in [7, 11) is 0. The number of rotatable bonds is 5. The van der Waals surface area contributed by atoms with Gasteiger partial charge in [-0.2, -0.15) is 0 Å². The lowest BCUT2D eigenvalue weighted by Crippen LogP contribution is -2.35. The van der Waals surface area contributed by atoms with Gasteiger partial charge >= 0.3 is 5.88 Å². The van der Waals surface area contributed by atoms with Gasteiger partial charge in [0.2, 0.25) is 5.69 Å². The molecule has 0 saturated carbocycles. The summed E-state index contributed by atoms with van der Waals surface area (Å²) in [5.41, 5.74) is 0.508. The fraction of sp³-hybridized carbons (Fsp3) is 0.400. The Morgan fingerprint density at radius 3 is 2.93 bits per heavy atom. The molecule has 0 bridgehead atoms. The van der Waals surface area contributed by atoms with E-state index in [1.54, 1.807) is 25.1 Å². The first-order chi connectivity index (χ1) is 7.19. The lowest BCUT2D eigenvalue weighted by atomic mass is 10.2. The Morgan fingerprint density at radius 1 is 1.60 bits per heavy atom. The maximum absolute atomic E-state index is 11.6. The Bertz CT molecular complexity index is 353. The summed E-state index contributed by atoms with van der Waals surface area (Å²) in [5.74, 6) is 0.223. The summed E-state index contributed by atoms with van der Waals surface area (Å²) < 4.78 is 5.76. The number of nitrogens with zero attached hydrogens (tertiary/aromatic N) is 1. The van der Waals surface area contributed by atoms with Crippen LogP contribution in [-0.4, -0.2) is 24.0 Å². The number of hydrogen-bond donors (Lipinski definition) is 2. The third-order valence-corrected chi connectivity index (χ3v) is 1.87. The Morgan fingerprint density at radius 2 is 2.33 bits per heavy atom. The predicted molar refractivity (Wildman–Crippen MR) is 55.1 cm³/mol. The van der Waals surface area contributed by atoms with E-state index in [-0.39, 0.29) is 24.6 Å². The minimum Gasteiger partial charge on any atom is -0.616 e. The van der Waals surface area contributed by atoms with Gasteiger partial charge in [-0.25, -0.2) is 0 Å². The largest absolute Gasteiger partial charge is 0.616 e. The van der Waals surface area contributed by atoms with E-state index in [9.17, 15) is 5.21 Å². The third kappa shape index (κ3) is 2.92. The van der Waals surface area contributed by atoms with E-state index < -0.39 is 0 Å². The van der Waals surface area contributed by atoms with Crippen molar-refractivity contribution in [2.45, 2.75) is 13.3 Å². The molecule has 0 spiro atoms. The molecule has 0 radical (unpaired) electrons. The van der Waals surface area contributed by atoms with Gasteiger partial charge in [-0.1, -0.05) is 0 Å². The van der Waals surface area contributed by atoms with Crippen LogP contribution in [0.3, 0.4) is 0 Å². The second-order valence-electron chi connectivity index (χ2n) is 3.02. The van der Waals surface area contributed by atoms with Crippen molar-refractivity contribution in [1.82, 2.24) is 0 Å². The SMILES string of the molecule is CCOc1cccc(CC(=N)CO)[n+]1[O-]. The van der Waals surface area contributed by atoms with Crippen LogP contribution in [-0.2, 0) is 6.42 Å². The molecule has 5 nitrogen and oxygen atoms in total. The number of aliphatic hydroxyl groups excluding tert-OH is 1. The van der Waals surface area contributed by atoms with Crippen molar-refractivity contribution in [3.05, 3.63) is 29.1 Å². The molecule has 0 aliphatic rings. The quantitative estimate of drug-likeness (QED) is 0.416. The summed E-state index contributed by atoms with van der Waals surface area (Å²) in [5, 5.41) is 27.6. The van der Waals surface area contributed by atoms with Crippen molar-refractivity contribution >= 4 is 5.71 Å². The first kappa shape index (κ1) is 11.5. The second-order valence-corrected chi connectivity index (χ2v) is 3.02. The van der Waals surface area contributed by atoms with Gasteiger partial charge in [0.15, 0.2) is 0 Å². The van der Waals surface area contributed by atoms with Crippen molar-refractivity contribution in [3.63, 3.8) is 0 Å². The number of hydrogen-bond acceptors (Lipinski definition) is 4. The average Bonchev–Trinajstić information content (AvgIpc) is 2.24. The summed E-state index contributed by atoms with van der Waals surface area (Å²) in [6.07, 6.45) is 0.140. The highest BCUT2D eigenvalue weighted by Gasteiger charge is 2.12. The standard InChI is InChI=1S/C10H14N2O3/c1-2-15-10-5-3-4-9(12(10)14)6-8(11)7-13/h3-5,11,13H,2,6-7H2,1H3. The third-order valence-electron chi connectivity index (χ3n) is 1.87. The highest BCUT2D eigenvalue weighted by molar-refractivity contribution is 5.83. The predicted octanol–water partition coefficient (Wildman–Crippen LogP) is 0.273. The van der Waals surface area contributed by atoms with E-state index in [4.69, 9.17) is 15.3 Å². The summed E-state index contributed by atoms with van der Waals surface area (Å²) in [4.78, 5) is 0. The molecule has 0 aromatic carbocycles. The van der Waals surface area contributed by atoms with Crippen molar-refractivity contribution < 1.29 is 14.6 Å². The number of pyridine rings is 1. The van der Waals surface area contributed by atoms with Crippen LogP contribution in [0, 0.1) is 10.6 Å². The maximum Gasteiger partial charge on any atom is 0.379 e. The molecule has 0 unspecified atom stereocenters. The lowest BCUT2D eigenvalue weighted by Gasteiger charge is -2.08. The Kier molecular flexibility index (Phi) is 4.05. The van der Waals surface area contributed by atoms with Crippen LogP contribution in [0.1, 0.15) is 12.6 Å². The van der Waals surface area contributed by atoms with Gasteiger partial charge in [0.25, 0.3) is 0 Å². The molecule has 1 aromatic rings. The molecule has 1 rings (SSSR count). The molecule has 0 atom stereocenters. The Balaban J connectivity index is 2.88. The molecule has 1 aromatic heterocycles. The van der Waals surface area contributed by atoms with Gasteiger partial charge in [-0.05, 0) is 13.0 Å². The van der Waals surface area contributed by atoms with Crippen LogP contribution in [0.2, 0.25) is 0 Å². The molecule has 0 amide bonds. The number of aliphatic hydroxyl groups is 1. The first-order valence-electron chi connectivity index (χ1n) is 4.70. The summed E-state index contributed by atoms with van der Waals surface area (Å²) in [6.45, 7) is 1.88. The maximum atomic E-state index is 11.6. The van der Waals surface area contributed by atoms with E-state index in [0.29, 0.717) is 17.0 Å². The molecule has 5 heteroatoms. The molecule has 0 aliphatic carbocycles. The fourth-order valence-corrected chi connectivity index (χ4v) is 1.18. The molecule has 1 heterocycles. The summed E-state index contributed by atoms with van der Waals surface area (Å²) >= 11 is 0. The van der Waals surface area contributed by atoms with E-state index >= 15 is 0 Å². The molecular weight excluding hydrogens is 196 g/mol. The van der Waals surface area contributed by atoms with Gasteiger partial charge in [-0.15, -0.1) is 4.73 Å². The van der Waals surface area contributed by atoms with Crippen molar-refractivity contribution in [2.24, 2.45) is 0 Å². The number of ether oxygens (including phenoxy) is 1. The van der Waals surface area contributed by atoms with Crippen LogP contribution in [0.15, 0.2) is 18.2 Å². The van der Waals surface area contributed by atoms with E-state index in [1.165, 1.54) is 0 Å². The van der Waals surface area contributed by atoms with Gasteiger partial charge in [0.05, 0.1) is 25.7 Å². The number of aromatic nitrogens is 1. The molecule has 15 heavy (non-hydrogen) atoms. The van der Waals surface area contributed by atoms with Gasteiger partial charge in [0.1, 0.15) is 0 Å². The molecule has 0 saturated heterocycles.